The highest BCUT2D eigenvalue weighted by atomic mass is 35.5. The minimum absolute atomic E-state index is 0.750. The first-order valence-corrected chi connectivity index (χ1v) is 5.08. The van der Waals surface area contributed by atoms with Crippen molar-refractivity contribution in [3.8, 4) is 5.75 Å². The van der Waals surface area contributed by atoms with Crippen molar-refractivity contribution >= 4 is 17.3 Å². The lowest BCUT2D eigenvalue weighted by molar-refractivity contribution is 0.416. The summed E-state index contributed by atoms with van der Waals surface area (Å²) in [7, 11) is 3.48. The van der Waals surface area contributed by atoms with E-state index in [2.05, 4.69) is 5.32 Å². The summed E-state index contributed by atoms with van der Waals surface area (Å²) in [6.45, 7) is 5.95. The molecule has 0 atom stereocenters. The highest BCUT2D eigenvalue weighted by Crippen LogP contribution is 2.30. The lowest BCUT2D eigenvalue weighted by atomic mass is 10.2. The van der Waals surface area contributed by atoms with Crippen LogP contribution < -0.4 is 10.1 Å². The van der Waals surface area contributed by atoms with E-state index in [0.29, 0.717) is 0 Å². The summed E-state index contributed by atoms with van der Waals surface area (Å²) in [6.07, 6.45) is 0. The molecule has 0 aromatic heterocycles. The minimum Gasteiger partial charge on any atom is -0.495 e. The maximum absolute atomic E-state index is 5.93. The molecular weight excluding hydrogens is 198 g/mol. The molecule has 0 aliphatic heterocycles. The lowest BCUT2D eigenvalue weighted by Crippen LogP contribution is -1.94. The Hall–Kier alpha value is -0.890. The van der Waals surface area contributed by atoms with Gasteiger partial charge in [-0.3, -0.25) is 0 Å². The Morgan fingerprint density at radius 1 is 1.29 bits per heavy atom. The number of rotatable bonds is 2. The molecule has 0 fully saturated rings. The van der Waals surface area contributed by atoms with Crippen LogP contribution in [-0.2, 0) is 0 Å². The first kappa shape index (κ1) is 13.1. The lowest BCUT2D eigenvalue weighted by Gasteiger charge is -2.09. The van der Waals surface area contributed by atoms with Crippen LogP contribution in [0, 0.1) is 6.92 Å². The topological polar surface area (TPSA) is 21.3 Å². The monoisotopic (exact) mass is 215 g/mol. The zero-order valence-corrected chi connectivity index (χ0v) is 10.2. The molecule has 0 spiro atoms. The number of hydrogen-bond donors (Lipinski definition) is 1. The van der Waals surface area contributed by atoms with Gasteiger partial charge in [-0.1, -0.05) is 25.4 Å². The fourth-order valence-electron chi connectivity index (χ4n) is 1.02. The predicted molar refractivity (Wildman–Crippen MR) is 63.6 cm³/mol. The quantitative estimate of drug-likeness (QED) is 0.812. The largest absolute Gasteiger partial charge is 0.495 e. The number of hydrogen-bond acceptors (Lipinski definition) is 2. The molecule has 14 heavy (non-hydrogen) atoms. The van der Waals surface area contributed by atoms with Crippen molar-refractivity contribution in [2.75, 3.05) is 19.5 Å². The van der Waals surface area contributed by atoms with Crippen molar-refractivity contribution < 1.29 is 4.74 Å². The smallest absolute Gasteiger partial charge is 0.142 e. The van der Waals surface area contributed by atoms with Crippen molar-refractivity contribution in [3.05, 3.63) is 22.7 Å². The summed E-state index contributed by atoms with van der Waals surface area (Å²) < 4.78 is 5.15. The van der Waals surface area contributed by atoms with Crippen LogP contribution in [-0.4, -0.2) is 14.2 Å². The summed E-state index contributed by atoms with van der Waals surface area (Å²) in [6, 6.07) is 3.77. The van der Waals surface area contributed by atoms with Crippen molar-refractivity contribution in [2.24, 2.45) is 0 Å². The van der Waals surface area contributed by atoms with Crippen LogP contribution in [0.25, 0.3) is 0 Å². The third-order valence-electron chi connectivity index (χ3n) is 1.75. The van der Waals surface area contributed by atoms with E-state index < -0.39 is 0 Å². The van der Waals surface area contributed by atoms with Gasteiger partial charge in [-0.15, -0.1) is 0 Å². The number of nitrogens with one attached hydrogen (secondary N) is 1. The van der Waals surface area contributed by atoms with Gasteiger partial charge in [0.15, 0.2) is 0 Å². The maximum atomic E-state index is 5.93. The van der Waals surface area contributed by atoms with E-state index in [-0.39, 0.29) is 0 Å². The predicted octanol–water partition coefficient (Wildman–Crippen LogP) is 3.72. The molecule has 0 unspecified atom stereocenters. The third kappa shape index (κ3) is 3.11. The molecule has 0 saturated carbocycles. The SMILES string of the molecule is CC.CNc1cc(Cl)c(C)cc1OC. The highest BCUT2D eigenvalue weighted by molar-refractivity contribution is 6.31. The second kappa shape index (κ2) is 6.55. The summed E-state index contributed by atoms with van der Waals surface area (Å²) in [5, 5.41) is 3.76. The third-order valence-corrected chi connectivity index (χ3v) is 2.16. The molecule has 80 valence electrons. The van der Waals surface area contributed by atoms with Crippen LogP contribution in [0.4, 0.5) is 5.69 Å². The molecule has 1 N–H and O–H groups in total. The summed E-state index contributed by atoms with van der Waals surface area (Å²) >= 11 is 5.93. The fraction of sp³-hybridized carbons (Fsp3) is 0.455. The average Bonchev–Trinajstić information content (AvgIpc) is 2.24. The van der Waals surface area contributed by atoms with Gasteiger partial charge in [-0.25, -0.2) is 0 Å². The van der Waals surface area contributed by atoms with Gasteiger partial charge in [0, 0.05) is 12.1 Å². The van der Waals surface area contributed by atoms with E-state index in [4.69, 9.17) is 16.3 Å². The number of halogens is 1. The molecule has 0 saturated heterocycles. The van der Waals surface area contributed by atoms with Gasteiger partial charge in [0.2, 0.25) is 0 Å². The second-order valence-electron chi connectivity index (χ2n) is 2.55. The molecule has 1 rings (SSSR count). The average molecular weight is 216 g/mol. The standard InChI is InChI=1S/C9H12ClNO.C2H6/c1-6-4-9(12-3)8(11-2)5-7(6)10;1-2/h4-5,11H,1-3H3;1-2H3. The van der Waals surface area contributed by atoms with E-state index in [1.165, 1.54) is 0 Å². The van der Waals surface area contributed by atoms with E-state index in [1.54, 1.807) is 7.11 Å². The molecule has 0 aliphatic rings. The molecule has 0 heterocycles. The number of benzene rings is 1. The zero-order chi connectivity index (χ0) is 11.1. The van der Waals surface area contributed by atoms with Gasteiger partial charge in [0.1, 0.15) is 5.75 Å². The first-order chi connectivity index (χ1) is 6.69. The molecule has 3 heteroatoms. The Morgan fingerprint density at radius 2 is 1.86 bits per heavy atom. The van der Waals surface area contributed by atoms with E-state index >= 15 is 0 Å². The van der Waals surface area contributed by atoms with E-state index in [0.717, 1.165) is 22.0 Å². The Morgan fingerprint density at radius 3 is 2.29 bits per heavy atom. The molecule has 0 bridgehead atoms. The first-order valence-electron chi connectivity index (χ1n) is 4.71. The zero-order valence-electron chi connectivity index (χ0n) is 9.44. The normalized spacial score (nSPS) is 8.71. The number of aryl methyl sites for hydroxylation is 1. The molecular formula is C11H18ClNO. The van der Waals surface area contributed by atoms with Crippen molar-refractivity contribution in [3.63, 3.8) is 0 Å². The van der Waals surface area contributed by atoms with Gasteiger partial charge in [-0.05, 0) is 24.6 Å². The van der Waals surface area contributed by atoms with Gasteiger partial charge < -0.3 is 10.1 Å². The molecule has 0 amide bonds. The second-order valence-corrected chi connectivity index (χ2v) is 2.96. The van der Waals surface area contributed by atoms with Gasteiger partial charge in [0.25, 0.3) is 0 Å². The number of ether oxygens (including phenoxy) is 1. The molecule has 1 aromatic carbocycles. The van der Waals surface area contributed by atoms with Crippen LogP contribution >= 0.6 is 11.6 Å². The Kier molecular flexibility index (Phi) is 6.13. The highest BCUT2D eigenvalue weighted by Gasteiger charge is 2.04. The molecule has 0 aliphatic carbocycles. The summed E-state index contributed by atoms with van der Waals surface area (Å²) in [4.78, 5) is 0. The fourth-order valence-corrected chi connectivity index (χ4v) is 1.18. The van der Waals surface area contributed by atoms with Gasteiger partial charge in [0.05, 0.1) is 12.8 Å². The molecule has 1 aromatic rings. The summed E-state index contributed by atoms with van der Waals surface area (Å²) in [5.41, 5.74) is 1.93. The van der Waals surface area contributed by atoms with E-state index in [1.807, 2.05) is 40.0 Å². The van der Waals surface area contributed by atoms with Crippen molar-refractivity contribution in [1.82, 2.24) is 0 Å². The summed E-state index contributed by atoms with van der Waals surface area (Å²) in [5.74, 6) is 0.819. The van der Waals surface area contributed by atoms with Crippen LogP contribution in [0.3, 0.4) is 0 Å². The number of methoxy groups -OCH3 is 1. The van der Waals surface area contributed by atoms with Crippen molar-refractivity contribution in [1.29, 1.82) is 0 Å². The Balaban J connectivity index is 0.000000791. The number of anilines is 1. The Labute approximate surface area is 91.2 Å². The molecule has 2 nitrogen and oxygen atoms in total. The van der Waals surface area contributed by atoms with Crippen LogP contribution in [0.15, 0.2) is 12.1 Å². The van der Waals surface area contributed by atoms with Gasteiger partial charge in [-0.2, -0.15) is 0 Å². The van der Waals surface area contributed by atoms with Gasteiger partial charge >= 0.3 is 0 Å². The Bertz CT molecular complexity index is 258. The maximum Gasteiger partial charge on any atom is 0.142 e. The minimum atomic E-state index is 0.750. The van der Waals surface area contributed by atoms with Crippen LogP contribution in [0.1, 0.15) is 19.4 Å². The van der Waals surface area contributed by atoms with Crippen molar-refractivity contribution in [2.45, 2.75) is 20.8 Å². The van der Waals surface area contributed by atoms with Crippen LogP contribution in [0.5, 0.6) is 5.75 Å². The van der Waals surface area contributed by atoms with Crippen LogP contribution in [0.2, 0.25) is 5.02 Å². The molecule has 0 radical (unpaired) electrons. The van der Waals surface area contributed by atoms with E-state index in [9.17, 15) is 0 Å².